The molecular formula is C20H27N3. The summed E-state index contributed by atoms with van der Waals surface area (Å²) in [6.45, 7) is 7.73. The summed E-state index contributed by atoms with van der Waals surface area (Å²) in [5, 5.41) is 4.31. The van der Waals surface area contributed by atoms with Gasteiger partial charge in [0.25, 0.3) is 0 Å². The number of nitrogens with one attached hydrogen (secondary N) is 1. The molecule has 3 nitrogen and oxygen atoms in total. The molecular weight excluding hydrogens is 282 g/mol. The first-order valence-corrected chi connectivity index (χ1v) is 8.47. The van der Waals surface area contributed by atoms with Gasteiger partial charge in [-0.25, -0.2) is 0 Å². The first-order chi connectivity index (χ1) is 11.3. The summed E-state index contributed by atoms with van der Waals surface area (Å²) in [6, 6.07) is 18.6. The molecule has 0 heterocycles. The third-order valence-electron chi connectivity index (χ3n) is 3.81. The number of anilines is 1. The van der Waals surface area contributed by atoms with Crippen LogP contribution in [0.5, 0.6) is 0 Å². The van der Waals surface area contributed by atoms with Crippen LogP contribution in [0.15, 0.2) is 59.7 Å². The number of para-hydroxylation sites is 1. The van der Waals surface area contributed by atoms with Gasteiger partial charge in [0.15, 0.2) is 0 Å². The van der Waals surface area contributed by atoms with Crippen molar-refractivity contribution in [1.29, 1.82) is 0 Å². The maximum absolute atomic E-state index is 4.31. The Labute approximate surface area is 140 Å². The van der Waals surface area contributed by atoms with Crippen molar-refractivity contribution >= 4 is 11.9 Å². The SMILES string of the molecule is CCCCN(CC)Cc1cccc(C=NNc2ccccc2)c1. The van der Waals surface area contributed by atoms with Crippen molar-refractivity contribution in [2.75, 3.05) is 18.5 Å². The maximum Gasteiger partial charge on any atom is 0.0561 e. The average Bonchev–Trinajstić information content (AvgIpc) is 2.60. The lowest BCUT2D eigenvalue weighted by molar-refractivity contribution is 0.275. The molecule has 2 rings (SSSR count). The van der Waals surface area contributed by atoms with Crippen LogP contribution in [0.3, 0.4) is 0 Å². The van der Waals surface area contributed by atoms with Gasteiger partial charge in [-0.05, 0) is 48.8 Å². The zero-order valence-electron chi connectivity index (χ0n) is 14.2. The first-order valence-electron chi connectivity index (χ1n) is 8.47. The second kappa shape index (κ2) is 9.80. The van der Waals surface area contributed by atoms with Crippen LogP contribution in [-0.2, 0) is 6.54 Å². The number of nitrogens with zero attached hydrogens (tertiary/aromatic N) is 2. The molecule has 0 saturated heterocycles. The lowest BCUT2D eigenvalue weighted by Crippen LogP contribution is -2.23. The first kappa shape index (κ1) is 17.2. The van der Waals surface area contributed by atoms with Gasteiger partial charge in [0.1, 0.15) is 0 Å². The summed E-state index contributed by atoms with van der Waals surface area (Å²) in [4.78, 5) is 2.49. The van der Waals surface area contributed by atoms with Crippen LogP contribution in [0.2, 0.25) is 0 Å². The fourth-order valence-corrected chi connectivity index (χ4v) is 2.45. The topological polar surface area (TPSA) is 27.6 Å². The second-order valence-corrected chi connectivity index (χ2v) is 5.70. The fourth-order valence-electron chi connectivity index (χ4n) is 2.45. The van der Waals surface area contributed by atoms with E-state index in [0.717, 1.165) is 24.3 Å². The van der Waals surface area contributed by atoms with E-state index >= 15 is 0 Å². The summed E-state index contributed by atoms with van der Waals surface area (Å²) in [7, 11) is 0. The van der Waals surface area contributed by atoms with Gasteiger partial charge in [-0.1, -0.05) is 56.7 Å². The molecule has 0 amide bonds. The number of hydrogen-bond donors (Lipinski definition) is 1. The molecule has 2 aromatic carbocycles. The molecule has 0 unspecified atom stereocenters. The van der Waals surface area contributed by atoms with Gasteiger partial charge in [0, 0.05) is 6.54 Å². The van der Waals surface area contributed by atoms with Crippen molar-refractivity contribution < 1.29 is 0 Å². The van der Waals surface area contributed by atoms with Gasteiger partial charge in [-0.3, -0.25) is 10.3 Å². The van der Waals surface area contributed by atoms with Crippen LogP contribution < -0.4 is 5.43 Å². The highest BCUT2D eigenvalue weighted by Crippen LogP contribution is 2.09. The van der Waals surface area contributed by atoms with Crippen LogP contribution >= 0.6 is 0 Å². The minimum atomic E-state index is 0.997. The molecule has 0 bridgehead atoms. The van der Waals surface area contributed by atoms with Gasteiger partial charge in [0.05, 0.1) is 11.9 Å². The number of hydrazone groups is 1. The van der Waals surface area contributed by atoms with E-state index in [1.165, 1.54) is 24.9 Å². The van der Waals surface area contributed by atoms with Crippen LogP contribution in [0, 0.1) is 0 Å². The Bertz CT molecular complexity index is 593. The molecule has 0 aromatic heterocycles. The summed E-state index contributed by atoms with van der Waals surface area (Å²) in [6.07, 6.45) is 4.38. The van der Waals surface area contributed by atoms with E-state index in [-0.39, 0.29) is 0 Å². The normalized spacial score (nSPS) is 11.3. The molecule has 0 spiro atoms. The lowest BCUT2D eigenvalue weighted by atomic mass is 10.1. The minimum absolute atomic E-state index is 0.997. The zero-order chi connectivity index (χ0) is 16.3. The van der Waals surface area contributed by atoms with Crippen molar-refractivity contribution in [2.45, 2.75) is 33.2 Å². The number of unbranched alkanes of at least 4 members (excludes halogenated alkanes) is 1. The molecule has 3 heteroatoms. The lowest BCUT2D eigenvalue weighted by Gasteiger charge is -2.20. The fraction of sp³-hybridized carbons (Fsp3) is 0.350. The van der Waals surface area contributed by atoms with Gasteiger partial charge in [-0.15, -0.1) is 0 Å². The predicted octanol–water partition coefficient (Wildman–Crippen LogP) is 4.75. The summed E-state index contributed by atoms with van der Waals surface area (Å²) < 4.78 is 0. The molecule has 1 N–H and O–H groups in total. The highest BCUT2D eigenvalue weighted by Gasteiger charge is 2.03. The Kier molecular flexibility index (Phi) is 7.34. The van der Waals surface area contributed by atoms with Gasteiger partial charge < -0.3 is 0 Å². The van der Waals surface area contributed by atoms with Crippen molar-refractivity contribution in [2.24, 2.45) is 5.10 Å². The monoisotopic (exact) mass is 309 g/mol. The third-order valence-corrected chi connectivity index (χ3v) is 3.81. The molecule has 0 fully saturated rings. The molecule has 0 atom stereocenters. The molecule has 0 aliphatic rings. The Hall–Kier alpha value is -2.13. The molecule has 122 valence electrons. The van der Waals surface area contributed by atoms with E-state index in [1.807, 2.05) is 36.5 Å². The largest absolute Gasteiger partial charge is 0.299 e. The molecule has 0 radical (unpaired) electrons. The Morgan fingerprint density at radius 3 is 2.61 bits per heavy atom. The Morgan fingerprint density at radius 1 is 1.04 bits per heavy atom. The molecule has 0 aliphatic heterocycles. The molecule has 0 saturated carbocycles. The van der Waals surface area contributed by atoms with Crippen molar-refractivity contribution in [3.05, 3.63) is 65.7 Å². The third kappa shape index (κ3) is 6.25. The Balaban J connectivity index is 1.93. The van der Waals surface area contributed by atoms with Crippen LogP contribution in [0.4, 0.5) is 5.69 Å². The summed E-state index contributed by atoms with van der Waals surface area (Å²) in [5.74, 6) is 0. The minimum Gasteiger partial charge on any atom is -0.299 e. The molecule has 2 aromatic rings. The van der Waals surface area contributed by atoms with E-state index in [4.69, 9.17) is 0 Å². The van der Waals surface area contributed by atoms with Crippen LogP contribution in [0.25, 0.3) is 0 Å². The maximum atomic E-state index is 4.31. The smallest absolute Gasteiger partial charge is 0.0561 e. The molecule has 0 aliphatic carbocycles. The van der Waals surface area contributed by atoms with Crippen molar-refractivity contribution in [3.63, 3.8) is 0 Å². The standard InChI is InChI=1S/C20H27N3/c1-3-5-14-23(4-2)17-19-11-9-10-18(15-19)16-21-22-20-12-7-6-8-13-20/h6-13,15-16,22H,3-5,14,17H2,1-2H3. The van der Waals surface area contributed by atoms with E-state index in [2.05, 4.69) is 53.5 Å². The highest BCUT2D eigenvalue weighted by molar-refractivity contribution is 5.80. The van der Waals surface area contributed by atoms with E-state index < -0.39 is 0 Å². The number of benzene rings is 2. The van der Waals surface area contributed by atoms with E-state index in [1.54, 1.807) is 0 Å². The van der Waals surface area contributed by atoms with Crippen LogP contribution in [0.1, 0.15) is 37.8 Å². The Morgan fingerprint density at radius 2 is 1.87 bits per heavy atom. The van der Waals surface area contributed by atoms with Gasteiger partial charge >= 0.3 is 0 Å². The van der Waals surface area contributed by atoms with Gasteiger partial charge in [0.2, 0.25) is 0 Å². The quantitative estimate of drug-likeness (QED) is 0.534. The van der Waals surface area contributed by atoms with Gasteiger partial charge in [-0.2, -0.15) is 5.10 Å². The predicted molar refractivity (Wildman–Crippen MR) is 100.0 cm³/mol. The second-order valence-electron chi connectivity index (χ2n) is 5.70. The van der Waals surface area contributed by atoms with E-state index in [0.29, 0.717) is 0 Å². The summed E-state index contributed by atoms with van der Waals surface area (Å²) in [5.41, 5.74) is 6.51. The van der Waals surface area contributed by atoms with Crippen molar-refractivity contribution in [1.82, 2.24) is 4.90 Å². The zero-order valence-corrected chi connectivity index (χ0v) is 14.2. The van der Waals surface area contributed by atoms with Crippen LogP contribution in [-0.4, -0.2) is 24.2 Å². The summed E-state index contributed by atoms with van der Waals surface area (Å²) >= 11 is 0. The van der Waals surface area contributed by atoms with Crippen molar-refractivity contribution in [3.8, 4) is 0 Å². The number of hydrogen-bond acceptors (Lipinski definition) is 3. The highest BCUT2D eigenvalue weighted by atomic mass is 15.3. The average molecular weight is 309 g/mol. The molecule has 23 heavy (non-hydrogen) atoms. The number of rotatable bonds is 9. The van der Waals surface area contributed by atoms with E-state index in [9.17, 15) is 0 Å².